The third-order valence-corrected chi connectivity index (χ3v) is 5.18. The summed E-state index contributed by atoms with van der Waals surface area (Å²) in [4.78, 5) is 0. The Kier molecular flexibility index (Phi) is 2.98. The lowest BCUT2D eigenvalue weighted by molar-refractivity contribution is -0.0138. The number of halogens is 3. The molecule has 0 aliphatic heterocycles. The summed E-state index contributed by atoms with van der Waals surface area (Å²) in [5.41, 5.74) is -0.898. The van der Waals surface area contributed by atoms with Crippen LogP contribution in [0, 0.1) is 23.5 Å². The second-order valence-electron chi connectivity index (χ2n) is 5.68. The second-order valence-corrected chi connectivity index (χ2v) is 6.54. The Bertz CT molecular complexity index is 491. The van der Waals surface area contributed by atoms with E-state index < -0.39 is 17.2 Å². The van der Waals surface area contributed by atoms with E-state index in [1.807, 2.05) is 0 Å². The molecule has 1 nitrogen and oxygen atoms in total. The quantitative estimate of drug-likeness (QED) is 0.822. The first-order valence-electron chi connectivity index (χ1n) is 6.34. The molecule has 0 aromatic heterocycles. The minimum absolute atomic E-state index is 0.0134. The van der Waals surface area contributed by atoms with Gasteiger partial charge in [0.25, 0.3) is 0 Å². The van der Waals surface area contributed by atoms with Crippen LogP contribution >= 0.6 is 15.9 Å². The van der Waals surface area contributed by atoms with Crippen molar-refractivity contribution in [3.63, 3.8) is 0 Å². The highest BCUT2D eigenvalue weighted by molar-refractivity contribution is 9.10. The minimum atomic E-state index is -0.911. The van der Waals surface area contributed by atoms with E-state index in [9.17, 15) is 13.9 Å². The molecule has 0 saturated heterocycles. The molecule has 3 unspecified atom stereocenters. The summed E-state index contributed by atoms with van der Waals surface area (Å²) in [6.45, 7) is 0. The highest BCUT2D eigenvalue weighted by Crippen LogP contribution is 2.52. The molecule has 1 aromatic carbocycles. The van der Waals surface area contributed by atoms with Crippen LogP contribution in [0.1, 0.15) is 31.2 Å². The first-order chi connectivity index (χ1) is 8.49. The monoisotopic (exact) mass is 316 g/mol. The second kappa shape index (κ2) is 4.27. The molecule has 2 aliphatic rings. The number of hydrogen-bond acceptors (Lipinski definition) is 1. The number of hydrogen-bond donors (Lipinski definition) is 1. The average Bonchev–Trinajstić information content (AvgIpc) is 2.90. The summed E-state index contributed by atoms with van der Waals surface area (Å²) in [5, 5.41) is 10.6. The summed E-state index contributed by atoms with van der Waals surface area (Å²) in [6, 6.07) is 2.61. The van der Waals surface area contributed by atoms with E-state index in [0.29, 0.717) is 12.3 Å². The lowest BCUT2D eigenvalue weighted by Gasteiger charge is -2.32. The molecule has 3 atom stereocenters. The third kappa shape index (κ3) is 1.90. The van der Waals surface area contributed by atoms with Crippen LogP contribution in [0.4, 0.5) is 8.78 Å². The van der Waals surface area contributed by atoms with Gasteiger partial charge < -0.3 is 5.11 Å². The molecule has 2 aliphatic carbocycles. The summed E-state index contributed by atoms with van der Waals surface area (Å²) < 4.78 is 27.9. The van der Waals surface area contributed by atoms with E-state index in [1.165, 1.54) is 12.1 Å². The molecule has 2 saturated carbocycles. The van der Waals surface area contributed by atoms with Crippen LogP contribution in [0.25, 0.3) is 0 Å². The van der Waals surface area contributed by atoms with Crippen molar-refractivity contribution >= 4 is 15.9 Å². The molecule has 4 heteroatoms. The van der Waals surface area contributed by atoms with Crippen LogP contribution in [-0.4, -0.2) is 10.7 Å². The van der Waals surface area contributed by atoms with E-state index in [2.05, 4.69) is 15.9 Å². The van der Waals surface area contributed by atoms with Gasteiger partial charge in [0.05, 0.1) is 10.1 Å². The van der Waals surface area contributed by atoms with E-state index in [-0.39, 0.29) is 22.4 Å². The molecule has 3 rings (SSSR count). The smallest absolute Gasteiger partial charge is 0.143 e. The van der Waals surface area contributed by atoms with Gasteiger partial charge in [-0.1, -0.05) is 0 Å². The molecular formula is C14H15BrF2O. The molecule has 2 fully saturated rings. The third-order valence-electron chi connectivity index (χ3n) is 4.57. The van der Waals surface area contributed by atoms with Crippen molar-refractivity contribution in [3.8, 4) is 0 Å². The predicted octanol–water partition coefficient (Wildman–Crippen LogP) is 3.82. The number of aliphatic hydroxyl groups is 1. The van der Waals surface area contributed by atoms with Crippen LogP contribution < -0.4 is 0 Å². The zero-order valence-electron chi connectivity index (χ0n) is 9.93. The maximum absolute atomic E-state index is 13.9. The molecule has 18 heavy (non-hydrogen) atoms. The fraction of sp³-hybridized carbons (Fsp3) is 0.571. The van der Waals surface area contributed by atoms with Gasteiger partial charge in [0, 0.05) is 12.0 Å². The van der Waals surface area contributed by atoms with Crippen molar-refractivity contribution < 1.29 is 13.9 Å². The molecule has 0 spiro atoms. The minimum Gasteiger partial charge on any atom is -0.389 e. The molecule has 0 amide bonds. The van der Waals surface area contributed by atoms with E-state index in [0.717, 1.165) is 19.3 Å². The van der Waals surface area contributed by atoms with Crippen LogP contribution in [0.3, 0.4) is 0 Å². The fourth-order valence-corrected chi connectivity index (χ4v) is 4.04. The summed E-state index contributed by atoms with van der Waals surface area (Å²) in [5.74, 6) is -0.392. The Balaban J connectivity index is 1.91. The summed E-state index contributed by atoms with van der Waals surface area (Å²) in [6.07, 6.45) is 3.91. The standard InChI is InChI=1S/C14H15BrF2O/c15-11-3-4-12(16)10(13(11)17)7-14(18)6-8-1-2-9(14)5-8/h3-4,8-9,18H,1-2,5-7H2. The number of benzene rings is 1. The number of rotatable bonds is 2. The molecule has 2 bridgehead atoms. The van der Waals surface area contributed by atoms with Gasteiger partial charge in [-0.2, -0.15) is 0 Å². The Labute approximate surface area is 113 Å². The van der Waals surface area contributed by atoms with Gasteiger partial charge in [-0.15, -0.1) is 0 Å². The molecule has 1 aromatic rings. The Morgan fingerprint density at radius 2 is 2.11 bits per heavy atom. The van der Waals surface area contributed by atoms with E-state index in [1.54, 1.807) is 0 Å². The molecular weight excluding hydrogens is 302 g/mol. The Hall–Kier alpha value is -0.480. The Morgan fingerprint density at radius 3 is 2.72 bits per heavy atom. The molecule has 98 valence electrons. The maximum atomic E-state index is 13.9. The van der Waals surface area contributed by atoms with E-state index in [4.69, 9.17) is 0 Å². The van der Waals surface area contributed by atoms with Crippen molar-refractivity contribution in [1.82, 2.24) is 0 Å². The molecule has 1 N–H and O–H groups in total. The van der Waals surface area contributed by atoms with Crippen molar-refractivity contribution in [2.45, 2.75) is 37.7 Å². The van der Waals surface area contributed by atoms with Crippen LogP contribution in [0.5, 0.6) is 0 Å². The average molecular weight is 317 g/mol. The predicted molar refractivity (Wildman–Crippen MR) is 68.2 cm³/mol. The van der Waals surface area contributed by atoms with Gasteiger partial charge in [-0.3, -0.25) is 0 Å². The highest BCUT2D eigenvalue weighted by Gasteiger charge is 2.50. The van der Waals surface area contributed by atoms with Gasteiger partial charge in [0.2, 0.25) is 0 Å². The van der Waals surface area contributed by atoms with Crippen LogP contribution in [0.2, 0.25) is 0 Å². The highest BCUT2D eigenvalue weighted by atomic mass is 79.9. The van der Waals surface area contributed by atoms with Gasteiger partial charge in [-0.25, -0.2) is 8.78 Å². The summed E-state index contributed by atoms with van der Waals surface area (Å²) >= 11 is 3.06. The zero-order valence-corrected chi connectivity index (χ0v) is 11.5. The lowest BCUT2D eigenvalue weighted by Crippen LogP contribution is -2.38. The first-order valence-corrected chi connectivity index (χ1v) is 7.13. The van der Waals surface area contributed by atoms with Crippen LogP contribution in [0.15, 0.2) is 16.6 Å². The zero-order chi connectivity index (χ0) is 12.9. The van der Waals surface area contributed by atoms with Crippen molar-refractivity contribution in [2.24, 2.45) is 11.8 Å². The van der Waals surface area contributed by atoms with Crippen molar-refractivity contribution in [2.75, 3.05) is 0 Å². The summed E-state index contributed by atoms with van der Waals surface area (Å²) in [7, 11) is 0. The normalized spacial score (nSPS) is 34.2. The fourth-order valence-electron chi connectivity index (χ4n) is 3.67. The van der Waals surface area contributed by atoms with Gasteiger partial charge in [-0.05, 0) is 65.6 Å². The van der Waals surface area contributed by atoms with E-state index >= 15 is 0 Å². The SMILES string of the molecule is OC1(Cc2c(F)ccc(Br)c2F)CC2CCC1C2. The maximum Gasteiger partial charge on any atom is 0.143 e. The van der Waals surface area contributed by atoms with Gasteiger partial charge >= 0.3 is 0 Å². The molecule has 0 heterocycles. The molecule has 0 radical (unpaired) electrons. The van der Waals surface area contributed by atoms with Gasteiger partial charge in [0.15, 0.2) is 0 Å². The number of fused-ring (bicyclic) bond motifs is 2. The van der Waals surface area contributed by atoms with Gasteiger partial charge in [0.1, 0.15) is 11.6 Å². The first kappa shape index (κ1) is 12.5. The Morgan fingerprint density at radius 1 is 1.33 bits per heavy atom. The van der Waals surface area contributed by atoms with Crippen molar-refractivity contribution in [1.29, 1.82) is 0 Å². The topological polar surface area (TPSA) is 20.2 Å². The van der Waals surface area contributed by atoms with Crippen LogP contribution in [-0.2, 0) is 6.42 Å². The van der Waals surface area contributed by atoms with Crippen molar-refractivity contribution in [3.05, 3.63) is 33.8 Å². The largest absolute Gasteiger partial charge is 0.389 e. The lowest BCUT2D eigenvalue weighted by atomic mass is 9.79.